The van der Waals surface area contributed by atoms with E-state index in [0.29, 0.717) is 12.1 Å². The van der Waals surface area contributed by atoms with Crippen molar-refractivity contribution in [3.63, 3.8) is 0 Å². The van der Waals surface area contributed by atoms with E-state index in [1.165, 1.54) is 19.2 Å². The Morgan fingerprint density at radius 1 is 1.40 bits per heavy atom. The number of ether oxygens (including phenoxy) is 1. The number of carbonyl (C=O) groups is 1. The number of halogens is 1. The summed E-state index contributed by atoms with van der Waals surface area (Å²) in [4.78, 5) is 11.8. The number of carbonyl (C=O) groups excluding carboxylic acids is 1. The smallest absolute Gasteiger partial charge is 0.224 e. The monoisotopic (exact) mass is 282 g/mol. The van der Waals surface area contributed by atoms with E-state index in [1.54, 1.807) is 6.07 Å². The molecule has 0 fully saturated rings. The Morgan fingerprint density at radius 2 is 2.05 bits per heavy atom. The Kier molecular flexibility index (Phi) is 5.95. The maximum absolute atomic E-state index is 13.5. The zero-order valence-electron chi connectivity index (χ0n) is 12.3. The average Bonchev–Trinajstić information content (AvgIpc) is 2.45. The number of amides is 1. The first kappa shape index (κ1) is 16.4. The molecule has 20 heavy (non-hydrogen) atoms. The quantitative estimate of drug-likeness (QED) is 0.804. The molecule has 1 aromatic carbocycles. The Morgan fingerprint density at radius 3 is 2.55 bits per heavy atom. The highest BCUT2D eigenvalue weighted by Crippen LogP contribution is 2.18. The fraction of sp³-hybridized carbons (Fsp3) is 0.533. The van der Waals surface area contributed by atoms with Crippen LogP contribution >= 0.6 is 0 Å². The molecule has 5 heteroatoms. The maximum atomic E-state index is 13.5. The fourth-order valence-corrected chi connectivity index (χ4v) is 1.84. The van der Waals surface area contributed by atoms with Crippen LogP contribution in [0.4, 0.5) is 4.39 Å². The lowest BCUT2D eigenvalue weighted by Gasteiger charge is -2.26. The first-order chi connectivity index (χ1) is 9.44. The minimum Gasteiger partial charge on any atom is -0.494 e. The third kappa shape index (κ3) is 4.49. The van der Waals surface area contributed by atoms with E-state index in [0.717, 1.165) is 12.8 Å². The molecule has 1 aromatic rings. The van der Waals surface area contributed by atoms with E-state index >= 15 is 0 Å². The number of rotatable bonds is 7. The molecule has 0 unspecified atom stereocenters. The Hall–Kier alpha value is -1.62. The summed E-state index contributed by atoms with van der Waals surface area (Å²) in [5.41, 5.74) is 6.34. The van der Waals surface area contributed by atoms with Crippen molar-refractivity contribution in [3.8, 4) is 5.75 Å². The van der Waals surface area contributed by atoms with Gasteiger partial charge in [0.05, 0.1) is 13.5 Å². The first-order valence-corrected chi connectivity index (χ1v) is 6.82. The van der Waals surface area contributed by atoms with E-state index in [4.69, 9.17) is 10.5 Å². The molecule has 0 radical (unpaired) electrons. The summed E-state index contributed by atoms with van der Waals surface area (Å²) in [5.74, 6) is -0.452. The topological polar surface area (TPSA) is 64.3 Å². The van der Waals surface area contributed by atoms with Crippen LogP contribution < -0.4 is 15.8 Å². The highest BCUT2D eigenvalue weighted by molar-refractivity contribution is 5.78. The van der Waals surface area contributed by atoms with E-state index in [9.17, 15) is 9.18 Å². The van der Waals surface area contributed by atoms with Gasteiger partial charge in [-0.1, -0.05) is 19.9 Å². The highest BCUT2D eigenvalue weighted by Gasteiger charge is 2.20. The predicted octanol–water partition coefficient (Wildman–Crippen LogP) is 2.01. The number of hydrogen-bond acceptors (Lipinski definition) is 3. The summed E-state index contributed by atoms with van der Waals surface area (Å²) >= 11 is 0. The molecule has 3 N–H and O–H groups in total. The maximum Gasteiger partial charge on any atom is 0.224 e. The second-order valence-electron chi connectivity index (χ2n) is 4.99. The normalized spacial score (nSPS) is 11.2. The van der Waals surface area contributed by atoms with Gasteiger partial charge in [-0.2, -0.15) is 0 Å². The van der Waals surface area contributed by atoms with Crippen molar-refractivity contribution in [2.75, 3.05) is 13.7 Å². The van der Waals surface area contributed by atoms with Crippen molar-refractivity contribution >= 4 is 5.91 Å². The van der Waals surface area contributed by atoms with Gasteiger partial charge in [-0.15, -0.1) is 0 Å². The summed E-state index contributed by atoms with van der Waals surface area (Å²) in [6.07, 6.45) is 1.71. The molecule has 0 bridgehead atoms. The standard InChI is InChI=1S/C15H23FN2O2/c1-4-15(17,5-2)10-18-14(19)9-11-6-7-13(20-3)12(16)8-11/h6-8H,4-5,9-10,17H2,1-3H3,(H,18,19). The highest BCUT2D eigenvalue weighted by atomic mass is 19.1. The molecule has 0 spiro atoms. The van der Waals surface area contributed by atoms with Crippen LogP contribution in [0.25, 0.3) is 0 Å². The van der Waals surface area contributed by atoms with E-state index in [-0.39, 0.29) is 23.6 Å². The Labute approximate surface area is 119 Å². The molecular formula is C15H23FN2O2. The first-order valence-electron chi connectivity index (χ1n) is 6.82. The van der Waals surface area contributed by atoms with Crippen molar-refractivity contribution in [2.24, 2.45) is 5.73 Å². The van der Waals surface area contributed by atoms with Crippen LogP contribution in [0.1, 0.15) is 32.3 Å². The second-order valence-corrected chi connectivity index (χ2v) is 4.99. The van der Waals surface area contributed by atoms with Crippen LogP contribution in [-0.4, -0.2) is 25.1 Å². The third-order valence-electron chi connectivity index (χ3n) is 3.63. The van der Waals surface area contributed by atoms with Gasteiger partial charge in [0.25, 0.3) is 0 Å². The molecule has 0 aliphatic rings. The molecule has 0 saturated carbocycles. The molecular weight excluding hydrogens is 259 g/mol. The molecule has 1 amide bonds. The van der Waals surface area contributed by atoms with Gasteiger partial charge in [-0.05, 0) is 30.5 Å². The number of methoxy groups -OCH3 is 1. The lowest BCUT2D eigenvalue weighted by molar-refractivity contribution is -0.120. The van der Waals surface area contributed by atoms with E-state index in [1.807, 2.05) is 13.8 Å². The number of nitrogens with two attached hydrogens (primary N) is 1. The summed E-state index contributed by atoms with van der Waals surface area (Å²) in [6.45, 7) is 4.42. The molecule has 1 rings (SSSR count). The summed E-state index contributed by atoms with van der Waals surface area (Å²) in [6, 6.07) is 4.51. The third-order valence-corrected chi connectivity index (χ3v) is 3.63. The van der Waals surface area contributed by atoms with Crippen molar-refractivity contribution in [2.45, 2.75) is 38.6 Å². The van der Waals surface area contributed by atoms with Gasteiger partial charge in [0.15, 0.2) is 11.6 Å². The van der Waals surface area contributed by atoms with Gasteiger partial charge in [0.2, 0.25) is 5.91 Å². The predicted molar refractivity (Wildman–Crippen MR) is 77.2 cm³/mol. The lowest BCUT2D eigenvalue weighted by Crippen LogP contribution is -2.49. The summed E-state index contributed by atoms with van der Waals surface area (Å²) in [7, 11) is 1.40. The minimum atomic E-state index is -0.465. The van der Waals surface area contributed by atoms with Gasteiger partial charge >= 0.3 is 0 Å². The number of nitrogens with one attached hydrogen (secondary N) is 1. The van der Waals surface area contributed by atoms with Crippen molar-refractivity contribution < 1.29 is 13.9 Å². The van der Waals surface area contributed by atoms with Gasteiger partial charge in [0.1, 0.15) is 0 Å². The van der Waals surface area contributed by atoms with Crippen LogP contribution in [0.3, 0.4) is 0 Å². The van der Waals surface area contributed by atoms with Crippen LogP contribution in [0.15, 0.2) is 18.2 Å². The molecule has 0 aliphatic carbocycles. The fourth-order valence-electron chi connectivity index (χ4n) is 1.84. The van der Waals surface area contributed by atoms with E-state index in [2.05, 4.69) is 5.32 Å². The summed E-state index contributed by atoms with van der Waals surface area (Å²) in [5, 5.41) is 2.80. The molecule has 4 nitrogen and oxygen atoms in total. The van der Waals surface area contributed by atoms with E-state index < -0.39 is 5.82 Å². The number of hydrogen-bond donors (Lipinski definition) is 2. The molecule has 112 valence electrons. The van der Waals surface area contributed by atoms with Crippen LogP contribution in [-0.2, 0) is 11.2 Å². The van der Waals surface area contributed by atoms with Crippen molar-refractivity contribution in [3.05, 3.63) is 29.6 Å². The summed E-state index contributed by atoms with van der Waals surface area (Å²) < 4.78 is 18.3. The zero-order chi connectivity index (χ0) is 15.2. The number of benzene rings is 1. The minimum absolute atomic E-state index is 0.129. The van der Waals surface area contributed by atoms with Crippen molar-refractivity contribution in [1.29, 1.82) is 0 Å². The lowest BCUT2D eigenvalue weighted by atomic mass is 9.94. The molecule has 0 aliphatic heterocycles. The van der Waals surface area contributed by atoms with Gasteiger partial charge in [-0.25, -0.2) is 4.39 Å². The molecule has 0 atom stereocenters. The zero-order valence-corrected chi connectivity index (χ0v) is 12.3. The van der Waals surface area contributed by atoms with Gasteiger partial charge in [-0.3, -0.25) is 4.79 Å². The Balaban J connectivity index is 2.56. The van der Waals surface area contributed by atoms with Gasteiger partial charge in [0, 0.05) is 12.1 Å². The largest absolute Gasteiger partial charge is 0.494 e. The van der Waals surface area contributed by atoms with Crippen molar-refractivity contribution in [1.82, 2.24) is 5.32 Å². The average molecular weight is 282 g/mol. The van der Waals surface area contributed by atoms with Crippen LogP contribution in [0.5, 0.6) is 5.75 Å². The van der Waals surface area contributed by atoms with Crippen LogP contribution in [0.2, 0.25) is 0 Å². The SMILES string of the molecule is CCC(N)(CC)CNC(=O)Cc1ccc(OC)c(F)c1. The molecule has 0 aromatic heterocycles. The molecule has 0 saturated heterocycles. The molecule has 0 heterocycles. The Bertz CT molecular complexity index is 459. The second kappa shape index (κ2) is 7.24. The van der Waals surface area contributed by atoms with Crippen LogP contribution in [0, 0.1) is 5.82 Å². The van der Waals surface area contributed by atoms with Gasteiger partial charge < -0.3 is 15.8 Å².